The minimum absolute atomic E-state index is 0.0557. The molecule has 2 N–H and O–H groups in total. The zero-order valence-corrected chi connectivity index (χ0v) is 20.9. The van der Waals surface area contributed by atoms with Gasteiger partial charge in [-0.25, -0.2) is 14.5 Å². The fraction of sp³-hybridized carbons (Fsp3) is 0.423. The number of benzene rings is 1. The van der Waals surface area contributed by atoms with Crippen molar-refractivity contribution in [3.8, 4) is 17.1 Å². The molecule has 2 heterocycles. The van der Waals surface area contributed by atoms with Crippen molar-refractivity contribution in [1.29, 1.82) is 0 Å². The van der Waals surface area contributed by atoms with Gasteiger partial charge in [-0.1, -0.05) is 35.5 Å². The smallest absolute Gasteiger partial charge is 0.315 e. The highest BCUT2D eigenvalue weighted by atomic mass is 16.5. The predicted octanol–water partition coefficient (Wildman–Crippen LogP) is 3.30. The highest BCUT2D eigenvalue weighted by molar-refractivity contribution is 5.74. The summed E-state index contributed by atoms with van der Waals surface area (Å²) in [7, 11) is 3.20. The second-order valence-electron chi connectivity index (χ2n) is 8.94. The van der Waals surface area contributed by atoms with Crippen LogP contribution >= 0.6 is 0 Å². The first-order valence-electron chi connectivity index (χ1n) is 12.1. The van der Waals surface area contributed by atoms with Crippen molar-refractivity contribution in [2.75, 3.05) is 7.11 Å². The summed E-state index contributed by atoms with van der Waals surface area (Å²) in [6.07, 6.45) is 3.22. The number of carbonyl (C=O) groups is 2. The molecule has 2 amide bonds. The van der Waals surface area contributed by atoms with Crippen LogP contribution in [-0.4, -0.2) is 45.2 Å². The molecular formula is C26H32N6O4. The van der Waals surface area contributed by atoms with Crippen LogP contribution in [0.15, 0.2) is 42.5 Å². The molecule has 1 aromatic carbocycles. The lowest BCUT2D eigenvalue weighted by molar-refractivity contribution is -0.147. The molecule has 2 atom stereocenters. The normalized spacial score (nSPS) is 17.3. The van der Waals surface area contributed by atoms with Crippen LogP contribution in [0.1, 0.15) is 42.6 Å². The van der Waals surface area contributed by atoms with E-state index in [1.165, 1.54) is 7.11 Å². The highest BCUT2D eigenvalue weighted by Gasteiger charge is 2.29. The van der Waals surface area contributed by atoms with Crippen molar-refractivity contribution in [3.63, 3.8) is 0 Å². The highest BCUT2D eigenvalue weighted by Crippen LogP contribution is 2.30. The van der Waals surface area contributed by atoms with Crippen molar-refractivity contribution < 1.29 is 19.1 Å². The van der Waals surface area contributed by atoms with Crippen molar-refractivity contribution >= 4 is 12.0 Å². The van der Waals surface area contributed by atoms with E-state index in [1.54, 1.807) is 11.7 Å². The number of rotatable bonds is 8. The summed E-state index contributed by atoms with van der Waals surface area (Å²) in [6.45, 7) is 2.56. The van der Waals surface area contributed by atoms with Crippen LogP contribution in [0.5, 0.6) is 5.75 Å². The molecule has 0 saturated heterocycles. The van der Waals surface area contributed by atoms with Gasteiger partial charge >= 0.3 is 12.0 Å². The average Bonchev–Trinajstić information content (AvgIpc) is 3.27. The summed E-state index contributed by atoms with van der Waals surface area (Å²) in [5.41, 5.74) is 3.72. The third-order valence-electron chi connectivity index (χ3n) is 6.39. The van der Waals surface area contributed by atoms with Gasteiger partial charge in [-0.05, 0) is 50.3 Å². The quantitative estimate of drug-likeness (QED) is 0.463. The van der Waals surface area contributed by atoms with E-state index in [0.717, 1.165) is 36.2 Å². The molecule has 1 aliphatic carbocycles. The van der Waals surface area contributed by atoms with E-state index < -0.39 is 0 Å². The zero-order valence-electron chi connectivity index (χ0n) is 20.9. The van der Waals surface area contributed by atoms with Crippen LogP contribution in [0.25, 0.3) is 11.4 Å². The molecule has 0 aliphatic heterocycles. The Kier molecular flexibility index (Phi) is 8.14. The van der Waals surface area contributed by atoms with E-state index in [0.29, 0.717) is 30.1 Å². The van der Waals surface area contributed by atoms with Gasteiger partial charge in [0.15, 0.2) is 0 Å². The van der Waals surface area contributed by atoms with E-state index in [2.05, 4.69) is 20.9 Å². The summed E-state index contributed by atoms with van der Waals surface area (Å²) in [5.74, 6) is 0.380. The molecular weight excluding hydrogens is 460 g/mol. The van der Waals surface area contributed by atoms with Gasteiger partial charge in [-0.15, -0.1) is 5.10 Å². The Labute approximate surface area is 210 Å². The van der Waals surface area contributed by atoms with Crippen LogP contribution in [-0.2, 0) is 29.7 Å². The number of urea groups is 1. The number of hydrogen-bond acceptors (Lipinski definition) is 7. The number of ether oxygens (including phenoxy) is 2. The van der Waals surface area contributed by atoms with Crippen LogP contribution in [0.3, 0.4) is 0 Å². The molecule has 10 heteroatoms. The topological polar surface area (TPSA) is 120 Å². The van der Waals surface area contributed by atoms with E-state index >= 15 is 0 Å². The number of pyridine rings is 1. The maximum Gasteiger partial charge on any atom is 0.315 e. The van der Waals surface area contributed by atoms with E-state index in [-0.39, 0.29) is 30.6 Å². The van der Waals surface area contributed by atoms with Crippen molar-refractivity contribution in [1.82, 2.24) is 30.6 Å². The lowest BCUT2D eigenvalue weighted by Gasteiger charge is -2.28. The number of amides is 2. The molecule has 0 unspecified atom stereocenters. The zero-order chi connectivity index (χ0) is 25.5. The largest absolute Gasteiger partial charge is 0.489 e. The van der Waals surface area contributed by atoms with Gasteiger partial charge in [0.1, 0.15) is 11.4 Å². The van der Waals surface area contributed by atoms with Gasteiger partial charge in [0.05, 0.1) is 42.8 Å². The molecule has 0 bridgehead atoms. The van der Waals surface area contributed by atoms with Crippen molar-refractivity contribution in [3.05, 3.63) is 59.4 Å². The average molecular weight is 493 g/mol. The molecule has 10 nitrogen and oxygen atoms in total. The first kappa shape index (κ1) is 25.2. The summed E-state index contributed by atoms with van der Waals surface area (Å²) >= 11 is 0. The minimum Gasteiger partial charge on any atom is -0.489 e. The van der Waals surface area contributed by atoms with E-state index in [4.69, 9.17) is 14.5 Å². The lowest BCUT2D eigenvalue weighted by atomic mass is 9.87. The maximum atomic E-state index is 12.3. The number of aryl methyl sites for hydroxylation is 2. The van der Waals surface area contributed by atoms with E-state index in [9.17, 15) is 9.59 Å². The van der Waals surface area contributed by atoms with Gasteiger partial charge < -0.3 is 20.1 Å². The third-order valence-corrected chi connectivity index (χ3v) is 6.39. The molecule has 4 rings (SSSR count). The Hall–Kier alpha value is -3.95. The minimum atomic E-state index is -0.281. The van der Waals surface area contributed by atoms with Crippen LogP contribution < -0.4 is 15.4 Å². The lowest BCUT2D eigenvalue weighted by Crippen LogP contribution is -2.35. The van der Waals surface area contributed by atoms with Gasteiger partial charge in [0.25, 0.3) is 0 Å². The molecule has 2 aromatic heterocycles. The second kappa shape index (κ2) is 11.7. The number of nitrogens with zero attached hydrogens (tertiary/aromatic N) is 4. The Morgan fingerprint density at radius 2 is 1.86 bits per heavy atom. The van der Waals surface area contributed by atoms with Crippen molar-refractivity contribution in [2.45, 2.75) is 51.8 Å². The molecule has 0 spiro atoms. The first-order chi connectivity index (χ1) is 17.4. The SMILES string of the molecule is COC(=O)[C@H]1CCC[C@H](Oc2ccc(-c3nnn(C)c3CNC(=O)NCc3ccccc3)nc2C)C1. The van der Waals surface area contributed by atoms with Gasteiger partial charge in [0, 0.05) is 13.6 Å². The number of aromatic nitrogens is 4. The number of esters is 1. The maximum absolute atomic E-state index is 12.3. The Morgan fingerprint density at radius 1 is 1.08 bits per heavy atom. The van der Waals surface area contributed by atoms with E-state index in [1.807, 2.05) is 49.4 Å². The molecule has 0 radical (unpaired) electrons. The van der Waals surface area contributed by atoms with Gasteiger partial charge in [0.2, 0.25) is 0 Å². The fourth-order valence-corrected chi connectivity index (χ4v) is 4.40. The Bertz CT molecular complexity index is 1200. The number of carbonyl (C=O) groups excluding carboxylic acids is 2. The van der Waals surface area contributed by atoms with Crippen LogP contribution in [0.4, 0.5) is 4.79 Å². The van der Waals surface area contributed by atoms with Crippen LogP contribution in [0.2, 0.25) is 0 Å². The second-order valence-corrected chi connectivity index (χ2v) is 8.94. The molecule has 1 fully saturated rings. The molecule has 1 saturated carbocycles. The molecule has 190 valence electrons. The molecule has 3 aromatic rings. The number of nitrogens with one attached hydrogen (secondary N) is 2. The fourth-order valence-electron chi connectivity index (χ4n) is 4.40. The summed E-state index contributed by atoms with van der Waals surface area (Å²) < 4.78 is 12.7. The van der Waals surface area contributed by atoms with Crippen molar-refractivity contribution in [2.24, 2.45) is 13.0 Å². The monoisotopic (exact) mass is 492 g/mol. The Balaban J connectivity index is 1.38. The third kappa shape index (κ3) is 6.18. The van der Waals surface area contributed by atoms with Crippen LogP contribution in [0, 0.1) is 12.8 Å². The van der Waals surface area contributed by atoms with Gasteiger partial charge in [-0.3, -0.25) is 4.79 Å². The first-order valence-corrected chi connectivity index (χ1v) is 12.1. The summed E-state index contributed by atoms with van der Waals surface area (Å²) in [4.78, 5) is 28.9. The molecule has 36 heavy (non-hydrogen) atoms. The number of methoxy groups -OCH3 is 1. The molecule has 1 aliphatic rings. The summed E-state index contributed by atoms with van der Waals surface area (Å²) in [5, 5.41) is 14.1. The standard InChI is InChI=1S/C26H32N6O4/c1-17-23(36-20-11-7-10-19(14-20)25(33)35-3)13-12-21(29-17)24-22(32(2)31-30-24)16-28-26(34)27-15-18-8-5-4-6-9-18/h4-6,8-9,12-13,19-20H,7,10-11,14-16H2,1-3H3,(H2,27,28,34)/t19-,20-/m0/s1. The summed E-state index contributed by atoms with van der Waals surface area (Å²) in [6, 6.07) is 13.1. The number of hydrogen-bond donors (Lipinski definition) is 2. The van der Waals surface area contributed by atoms with Gasteiger partial charge in [-0.2, -0.15) is 0 Å². The predicted molar refractivity (Wildman–Crippen MR) is 133 cm³/mol. The Morgan fingerprint density at radius 3 is 2.61 bits per heavy atom.